The lowest BCUT2D eigenvalue weighted by Gasteiger charge is -2.31. The molecule has 0 saturated carbocycles. The third-order valence-corrected chi connectivity index (χ3v) is 15.9. The van der Waals surface area contributed by atoms with Crippen LogP contribution in [0.2, 0.25) is 0 Å². The summed E-state index contributed by atoms with van der Waals surface area (Å²) < 4.78 is 87.8. The van der Waals surface area contributed by atoms with Crippen LogP contribution in [0.15, 0.2) is 124 Å². The molecule has 3 aromatic carbocycles. The number of fused-ring (bicyclic) bond motifs is 2. The third kappa shape index (κ3) is 10.8. The van der Waals surface area contributed by atoms with Crippen molar-refractivity contribution >= 4 is 72.3 Å². The smallest absolute Gasteiger partial charge is 0.379 e. The molecule has 0 unspecified atom stereocenters. The fraction of sp³-hybridized carbons (Fsp3) is 0.295. The summed E-state index contributed by atoms with van der Waals surface area (Å²) in [5, 5.41) is 7.01. The summed E-state index contributed by atoms with van der Waals surface area (Å²) in [6.07, 6.45) is 4.33. The van der Waals surface area contributed by atoms with Gasteiger partial charge in [0.05, 0.1) is 29.2 Å². The van der Waals surface area contributed by atoms with E-state index >= 15 is 0 Å². The fourth-order valence-corrected chi connectivity index (χ4v) is 11.1. The number of hydrogen-bond acceptors (Lipinski definition) is 13. The number of imidazole rings is 1. The van der Waals surface area contributed by atoms with Crippen LogP contribution in [-0.4, -0.2) is 103 Å². The molecule has 6 aromatic rings. The quantitative estimate of drug-likeness (QED) is 0.0815. The fourth-order valence-electron chi connectivity index (χ4n) is 7.74. The van der Waals surface area contributed by atoms with E-state index in [1.54, 1.807) is 42.7 Å². The van der Waals surface area contributed by atoms with Gasteiger partial charge in [-0.1, -0.05) is 42.5 Å². The van der Waals surface area contributed by atoms with Crippen LogP contribution in [0.4, 0.5) is 20.4 Å². The molecule has 65 heavy (non-hydrogen) atoms. The first-order valence-corrected chi connectivity index (χ1v) is 24.9. The number of rotatable bonds is 16. The second-order valence-corrected chi connectivity index (χ2v) is 20.9. The summed E-state index contributed by atoms with van der Waals surface area (Å²) >= 11 is 6.71. The molecule has 2 amide bonds. The molecule has 2 aliphatic heterocycles. The molecule has 2 N–H and O–H groups in total. The van der Waals surface area contributed by atoms with E-state index in [2.05, 4.69) is 25.3 Å². The highest BCUT2D eigenvalue weighted by Crippen LogP contribution is 2.37. The Morgan fingerprint density at radius 2 is 1.68 bits per heavy atom. The van der Waals surface area contributed by atoms with Gasteiger partial charge in [-0.3, -0.25) is 14.5 Å². The number of ether oxygens (including phenoxy) is 1. The van der Waals surface area contributed by atoms with Gasteiger partial charge in [-0.25, -0.2) is 36.0 Å². The van der Waals surface area contributed by atoms with Crippen molar-refractivity contribution in [2.45, 2.75) is 45.2 Å². The zero-order valence-electron chi connectivity index (χ0n) is 34.6. The molecule has 1 atom stereocenters. The Bertz CT molecular complexity index is 2900. The molecule has 1 saturated heterocycles. The number of carbonyl (C=O) groups is 2. The first-order valence-electron chi connectivity index (χ1n) is 20.6. The predicted molar refractivity (Wildman–Crippen MR) is 242 cm³/mol. The van der Waals surface area contributed by atoms with E-state index in [0.717, 1.165) is 22.1 Å². The van der Waals surface area contributed by atoms with E-state index in [-0.39, 0.29) is 36.0 Å². The van der Waals surface area contributed by atoms with Gasteiger partial charge in [0.1, 0.15) is 11.5 Å². The first kappa shape index (κ1) is 46.0. The van der Waals surface area contributed by atoms with Crippen molar-refractivity contribution in [3.63, 3.8) is 0 Å². The van der Waals surface area contributed by atoms with Crippen molar-refractivity contribution < 1.29 is 39.9 Å². The zero-order valence-corrected chi connectivity index (χ0v) is 37.9. The van der Waals surface area contributed by atoms with E-state index in [9.17, 15) is 35.2 Å². The number of sulfonamides is 1. The minimum Gasteiger partial charge on any atom is -0.379 e. The number of aromatic nitrogens is 4. The summed E-state index contributed by atoms with van der Waals surface area (Å²) in [7, 11) is -10.5. The van der Waals surface area contributed by atoms with Crippen LogP contribution in [0.1, 0.15) is 44.0 Å². The largest absolute Gasteiger partial charge is 0.427 e. The summed E-state index contributed by atoms with van der Waals surface area (Å²) in [5.74, 6) is -0.614. The maximum atomic E-state index is 14.7. The van der Waals surface area contributed by atoms with Crippen LogP contribution in [0.5, 0.6) is 0 Å². The highest BCUT2D eigenvalue weighted by Gasteiger charge is 2.46. The predicted octanol–water partition coefficient (Wildman–Crippen LogP) is 6.29. The standard InChI is InChI=1S/C44H43ClF2N8O7S3/c45-44(46,47)64(58,59)38-26-34(15-14-32(38)25-30(16-19-53-21-23-62-24-22-53)29-63-33-8-2-1-3-9-33)65(60,61)52-43(57)37-11-5-12-40(49-37)54-20-17-31-7-4-10-35(36(31)27-54)42(56)51-39-28-55-41(50-39)13-6-18-48-55/h1-15,18,26,28,30H,16-17,19-25,27,29H2,(H,51,56)(H,52,57)/t30-/m0/s1. The molecule has 340 valence electrons. The maximum absolute atomic E-state index is 14.7. The van der Waals surface area contributed by atoms with Crippen LogP contribution in [0, 0.1) is 5.92 Å². The second kappa shape index (κ2) is 19.5. The number of amides is 2. The van der Waals surface area contributed by atoms with Gasteiger partial charge in [0.25, 0.3) is 31.7 Å². The van der Waals surface area contributed by atoms with Gasteiger partial charge < -0.3 is 15.0 Å². The summed E-state index contributed by atoms with van der Waals surface area (Å²) in [6.45, 7) is 3.92. The van der Waals surface area contributed by atoms with Gasteiger partial charge in [0.15, 0.2) is 11.5 Å². The number of halogens is 3. The summed E-state index contributed by atoms with van der Waals surface area (Å²) in [4.78, 5) is 39.3. The molecule has 0 aliphatic carbocycles. The van der Waals surface area contributed by atoms with E-state index in [4.69, 9.17) is 16.3 Å². The van der Waals surface area contributed by atoms with Crippen molar-refractivity contribution in [2.75, 3.05) is 55.4 Å². The topological polar surface area (TPSA) is 185 Å². The Morgan fingerprint density at radius 1 is 0.892 bits per heavy atom. The van der Waals surface area contributed by atoms with Crippen LogP contribution < -0.4 is 14.9 Å². The van der Waals surface area contributed by atoms with Crippen LogP contribution in [0.25, 0.3) is 5.65 Å². The Balaban J connectivity index is 1.000. The van der Waals surface area contributed by atoms with Crippen molar-refractivity contribution in [3.05, 3.63) is 137 Å². The van der Waals surface area contributed by atoms with Crippen LogP contribution in [-0.2, 0) is 44.0 Å². The molecule has 0 bridgehead atoms. The minimum atomic E-state index is -5.62. The average molecular weight is 966 g/mol. The minimum absolute atomic E-state index is 0.0157. The lowest BCUT2D eigenvalue weighted by Crippen LogP contribution is -2.37. The van der Waals surface area contributed by atoms with E-state index in [1.165, 1.54) is 34.5 Å². The highest BCUT2D eigenvalue weighted by atomic mass is 35.5. The van der Waals surface area contributed by atoms with Gasteiger partial charge in [0, 0.05) is 48.6 Å². The highest BCUT2D eigenvalue weighted by molar-refractivity contribution is 7.99. The molecule has 8 rings (SSSR count). The number of carbonyl (C=O) groups excluding carboxylic acids is 2. The van der Waals surface area contributed by atoms with E-state index in [1.807, 2.05) is 46.0 Å². The Morgan fingerprint density at radius 3 is 2.45 bits per heavy atom. The number of anilines is 2. The van der Waals surface area contributed by atoms with Crippen molar-refractivity contribution in [3.8, 4) is 0 Å². The average Bonchev–Trinajstić information content (AvgIpc) is 3.72. The number of nitrogens with one attached hydrogen (secondary N) is 2. The number of alkyl halides is 3. The van der Waals surface area contributed by atoms with Crippen LogP contribution >= 0.6 is 23.4 Å². The first-order chi connectivity index (χ1) is 31.1. The third-order valence-electron chi connectivity index (χ3n) is 11.2. The van der Waals surface area contributed by atoms with Gasteiger partial charge >= 0.3 is 4.71 Å². The second-order valence-electron chi connectivity index (χ2n) is 15.5. The van der Waals surface area contributed by atoms with Crippen molar-refractivity contribution in [1.29, 1.82) is 0 Å². The lowest BCUT2D eigenvalue weighted by atomic mass is 9.94. The molecular weight excluding hydrogens is 922 g/mol. The van der Waals surface area contributed by atoms with Crippen molar-refractivity contribution in [2.24, 2.45) is 5.92 Å². The number of pyridine rings is 1. The number of hydrogen-bond donors (Lipinski definition) is 2. The molecule has 2 aliphatic rings. The Hall–Kier alpha value is -5.51. The number of nitrogens with zero attached hydrogens (tertiary/aromatic N) is 6. The molecule has 3 aromatic heterocycles. The molecule has 0 radical (unpaired) electrons. The Labute approximate surface area is 383 Å². The number of thioether (sulfide) groups is 1. The monoisotopic (exact) mass is 964 g/mol. The van der Waals surface area contributed by atoms with Gasteiger partial charge in [-0.15, -0.1) is 11.8 Å². The SMILES string of the molecule is O=C(NS(=O)(=O)c1ccc(C[C@H](CCN2CCOCC2)CSc2ccccc2)c(S(=O)(=O)C(F)(F)Cl)c1)c1cccc(N2CCc3cccc(C(=O)Nc4cn5ncccc5n4)c3C2)n1. The van der Waals surface area contributed by atoms with Gasteiger partial charge in [0.2, 0.25) is 0 Å². The van der Waals surface area contributed by atoms with E-state index in [0.29, 0.717) is 86.9 Å². The molecule has 0 spiro atoms. The zero-order chi connectivity index (χ0) is 45.8. The normalized spacial score (nSPS) is 15.3. The molecule has 15 nitrogen and oxygen atoms in total. The van der Waals surface area contributed by atoms with E-state index < -0.39 is 40.3 Å². The molecule has 21 heteroatoms. The van der Waals surface area contributed by atoms with Crippen LogP contribution in [0.3, 0.4) is 0 Å². The van der Waals surface area contributed by atoms with Gasteiger partial charge in [-0.2, -0.15) is 13.9 Å². The maximum Gasteiger partial charge on any atom is 0.427 e. The lowest BCUT2D eigenvalue weighted by molar-refractivity contribution is 0.0357. The number of sulfone groups is 1. The molecular formula is C44H43ClF2N8O7S3. The summed E-state index contributed by atoms with van der Waals surface area (Å²) in [6, 6.07) is 25.8. The number of morpholine rings is 1. The Kier molecular flexibility index (Phi) is 13.8. The number of benzene rings is 3. The van der Waals surface area contributed by atoms with Gasteiger partial charge in [-0.05, 0) is 115 Å². The molecule has 1 fully saturated rings. The molecule has 5 heterocycles. The van der Waals surface area contributed by atoms with Crippen molar-refractivity contribution in [1.82, 2.24) is 29.2 Å². The summed E-state index contributed by atoms with van der Waals surface area (Å²) in [5.41, 5.74) is 2.31.